The topological polar surface area (TPSA) is 67.1 Å². The lowest BCUT2D eigenvalue weighted by Crippen LogP contribution is -2.42. The molecule has 1 aromatic heterocycles. The van der Waals surface area contributed by atoms with Gasteiger partial charge < -0.3 is 16.0 Å². The fraction of sp³-hybridized carbons (Fsp3) is 0.636. The first kappa shape index (κ1) is 11.1. The van der Waals surface area contributed by atoms with Crippen LogP contribution in [0.4, 0.5) is 11.6 Å². The van der Waals surface area contributed by atoms with E-state index in [1.165, 1.54) is 19.4 Å². The molecule has 5 nitrogen and oxygen atoms in total. The SMILES string of the molecule is CCN1CCCC(Nc2ccc(N)nn2)C1. The molecule has 1 fully saturated rings. The van der Waals surface area contributed by atoms with Gasteiger partial charge in [0.15, 0.2) is 0 Å². The molecule has 0 bridgehead atoms. The first-order valence-electron chi connectivity index (χ1n) is 5.86. The summed E-state index contributed by atoms with van der Waals surface area (Å²) >= 11 is 0. The number of likely N-dealkylation sites (N-methyl/N-ethyl adjacent to an activating group) is 1. The molecule has 0 aromatic carbocycles. The zero-order valence-corrected chi connectivity index (χ0v) is 9.69. The Bertz CT molecular complexity index is 324. The average molecular weight is 221 g/mol. The minimum absolute atomic E-state index is 0.462. The Hall–Kier alpha value is -1.36. The van der Waals surface area contributed by atoms with E-state index in [9.17, 15) is 0 Å². The largest absolute Gasteiger partial charge is 0.382 e. The van der Waals surface area contributed by atoms with Gasteiger partial charge in [0.25, 0.3) is 0 Å². The van der Waals surface area contributed by atoms with Crippen LogP contribution in [0, 0.1) is 0 Å². The summed E-state index contributed by atoms with van der Waals surface area (Å²) in [4.78, 5) is 2.45. The molecule has 0 saturated carbocycles. The third-order valence-corrected chi connectivity index (χ3v) is 2.99. The maximum absolute atomic E-state index is 5.49. The molecule has 2 rings (SSSR count). The van der Waals surface area contributed by atoms with Crippen LogP contribution in [0.25, 0.3) is 0 Å². The monoisotopic (exact) mass is 221 g/mol. The first-order chi connectivity index (χ1) is 7.78. The van der Waals surface area contributed by atoms with Gasteiger partial charge in [-0.15, -0.1) is 10.2 Å². The van der Waals surface area contributed by atoms with Crippen molar-refractivity contribution in [3.8, 4) is 0 Å². The summed E-state index contributed by atoms with van der Waals surface area (Å²) in [6.07, 6.45) is 2.44. The van der Waals surface area contributed by atoms with Crippen LogP contribution >= 0.6 is 0 Å². The van der Waals surface area contributed by atoms with E-state index in [2.05, 4.69) is 27.3 Å². The third-order valence-electron chi connectivity index (χ3n) is 2.99. The maximum atomic E-state index is 5.49. The number of anilines is 2. The molecule has 1 aliphatic rings. The van der Waals surface area contributed by atoms with Crippen LogP contribution in [0.5, 0.6) is 0 Å². The highest BCUT2D eigenvalue weighted by Crippen LogP contribution is 2.14. The number of hydrogen-bond donors (Lipinski definition) is 2. The molecule has 5 heteroatoms. The molecular weight excluding hydrogens is 202 g/mol. The van der Waals surface area contributed by atoms with Crippen LogP contribution in [-0.4, -0.2) is 40.8 Å². The van der Waals surface area contributed by atoms with Crippen molar-refractivity contribution in [2.75, 3.05) is 30.7 Å². The molecule has 2 heterocycles. The Balaban J connectivity index is 1.91. The van der Waals surface area contributed by atoms with Crippen molar-refractivity contribution in [1.82, 2.24) is 15.1 Å². The Kier molecular flexibility index (Phi) is 3.56. The van der Waals surface area contributed by atoms with E-state index in [1.807, 2.05) is 6.07 Å². The number of likely N-dealkylation sites (tertiary alicyclic amines) is 1. The zero-order chi connectivity index (χ0) is 11.4. The number of piperidine rings is 1. The summed E-state index contributed by atoms with van der Waals surface area (Å²) in [5.41, 5.74) is 5.49. The fourth-order valence-corrected chi connectivity index (χ4v) is 2.09. The number of nitrogens with one attached hydrogen (secondary N) is 1. The minimum Gasteiger partial charge on any atom is -0.382 e. The lowest BCUT2D eigenvalue weighted by atomic mass is 10.1. The number of rotatable bonds is 3. The van der Waals surface area contributed by atoms with Gasteiger partial charge in [-0.05, 0) is 38.1 Å². The summed E-state index contributed by atoms with van der Waals surface area (Å²) in [5.74, 6) is 1.28. The Morgan fingerprint density at radius 1 is 1.50 bits per heavy atom. The summed E-state index contributed by atoms with van der Waals surface area (Å²) in [7, 11) is 0. The van der Waals surface area contributed by atoms with E-state index in [0.29, 0.717) is 11.9 Å². The zero-order valence-electron chi connectivity index (χ0n) is 9.69. The fourth-order valence-electron chi connectivity index (χ4n) is 2.09. The number of nitrogen functional groups attached to an aromatic ring is 1. The van der Waals surface area contributed by atoms with Crippen LogP contribution in [-0.2, 0) is 0 Å². The van der Waals surface area contributed by atoms with Crippen molar-refractivity contribution in [2.45, 2.75) is 25.8 Å². The second kappa shape index (κ2) is 5.12. The highest BCUT2D eigenvalue weighted by atomic mass is 15.2. The molecule has 1 aliphatic heterocycles. The van der Waals surface area contributed by atoms with Crippen molar-refractivity contribution in [3.05, 3.63) is 12.1 Å². The van der Waals surface area contributed by atoms with Gasteiger partial charge in [0.2, 0.25) is 0 Å². The molecule has 0 radical (unpaired) electrons. The number of hydrogen-bond acceptors (Lipinski definition) is 5. The predicted octanol–water partition coefficient (Wildman–Crippen LogP) is 0.955. The molecular formula is C11H19N5. The number of nitrogens with two attached hydrogens (primary N) is 1. The van der Waals surface area contributed by atoms with E-state index in [4.69, 9.17) is 5.73 Å². The van der Waals surface area contributed by atoms with Crippen molar-refractivity contribution in [1.29, 1.82) is 0 Å². The first-order valence-corrected chi connectivity index (χ1v) is 5.86. The van der Waals surface area contributed by atoms with Crippen LogP contribution in [0.1, 0.15) is 19.8 Å². The van der Waals surface area contributed by atoms with Gasteiger partial charge in [-0.25, -0.2) is 0 Å². The average Bonchev–Trinajstić information content (AvgIpc) is 2.32. The number of aromatic nitrogens is 2. The molecule has 1 unspecified atom stereocenters. The lowest BCUT2D eigenvalue weighted by molar-refractivity contribution is 0.226. The highest BCUT2D eigenvalue weighted by molar-refractivity contribution is 5.39. The van der Waals surface area contributed by atoms with Crippen LogP contribution in [0.15, 0.2) is 12.1 Å². The predicted molar refractivity (Wildman–Crippen MR) is 65.2 cm³/mol. The Morgan fingerprint density at radius 2 is 2.38 bits per heavy atom. The van der Waals surface area contributed by atoms with Crippen molar-refractivity contribution < 1.29 is 0 Å². The van der Waals surface area contributed by atoms with E-state index in [1.54, 1.807) is 6.07 Å². The Labute approximate surface area is 96.0 Å². The number of nitrogens with zero attached hydrogens (tertiary/aromatic N) is 3. The molecule has 88 valence electrons. The highest BCUT2D eigenvalue weighted by Gasteiger charge is 2.18. The third kappa shape index (κ3) is 2.82. The summed E-state index contributed by atoms with van der Waals surface area (Å²) in [5, 5.41) is 11.3. The minimum atomic E-state index is 0.462. The van der Waals surface area contributed by atoms with Crippen molar-refractivity contribution in [2.24, 2.45) is 0 Å². The van der Waals surface area contributed by atoms with Gasteiger partial charge in [-0.3, -0.25) is 0 Å². The van der Waals surface area contributed by atoms with Crippen molar-refractivity contribution in [3.63, 3.8) is 0 Å². The second-order valence-corrected chi connectivity index (χ2v) is 4.22. The van der Waals surface area contributed by atoms with Crippen LogP contribution in [0.3, 0.4) is 0 Å². The molecule has 16 heavy (non-hydrogen) atoms. The van der Waals surface area contributed by atoms with Gasteiger partial charge in [0, 0.05) is 12.6 Å². The standard InChI is InChI=1S/C11H19N5/c1-2-16-7-3-4-9(8-16)13-11-6-5-10(12)14-15-11/h5-6,9H,2-4,7-8H2,1H3,(H2,12,14)(H,13,15). The Morgan fingerprint density at radius 3 is 3.06 bits per heavy atom. The lowest BCUT2D eigenvalue weighted by Gasteiger charge is -2.32. The van der Waals surface area contributed by atoms with Gasteiger partial charge in [-0.1, -0.05) is 6.92 Å². The van der Waals surface area contributed by atoms with Gasteiger partial charge >= 0.3 is 0 Å². The molecule has 1 atom stereocenters. The van der Waals surface area contributed by atoms with Gasteiger partial charge in [0.1, 0.15) is 11.6 Å². The molecule has 0 spiro atoms. The second-order valence-electron chi connectivity index (χ2n) is 4.22. The molecule has 3 N–H and O–H groups in total. The molecule has 1 aromatic rings. The van der Waals surface area contributed by atoms with E-state index in [0.717, 1.165) is 18.9 Å². The normalized spacial score (nSPS) is 21.9. The molecule has 0 amide bonds. The molecule has 0 aliphatic carbocycles. The van der Waals surface area contributed by atoms with Crippen LogP contribution < -0.4 is 11.1 Å². The summed E-state index contributed by atoms with van der Waals surface area (Å²) < 4.78 is 0. The van der Waals surface area contributed by atoms with Crippen molar-refractivity contribution >= 4 is 11.6 Å². The summed E-state index contributed by atoms with van der Waals surface area (Å²) in [6.45, 7) is 5.61. The smallest absolute Gasteiger partial charge is 0.149 e. The quantitative estimate of drug-likeness (QED) is 0.795. The van der Waals surface area contributed by atoms with E-state index in [-0.39, 0.29) is 0 Å². The van der Waals surface area contributed by atoms with Gasteiger partial charge in [0.05, 0.1) is 0 Å². The van der Waals surface area contributed by atoms with Gasteiger partial charge in [-0.2, -0.15) is 0 Å². The molecule has 1 saturated heterocycles. The van der Waals surface area contributed by atoms with E-state index < -0.39 is 0 Å². The van der Waals surface area contributed by atoms with Crippen LogP contribution in [0.2, 0.25) is 0 Å². The van der Waals surface area contributed by atoms with E-state index >= 15 is 0 Å². The maximum Gasteiger partial charge on any atom is 0.149 e. The summed E-state index contributed by atoms with van der Waals surface area (Å²) in [6, 6.07) is 4.13.